The first-order valence-electron chi connectivity index (χ1n) is 11.7. The molecule has 1 saturated carbocycles. The van der Waals surface area contributed by atoms with Crippen molar-refractivity contribution in [1.82, 2.24) is 5.32 Å². The fraction of sp³-hybridized carbons (Fsp3) is 0.696. The molecule has 5 N–H and O–H groups in total. The van der Waals surface area contributed by atoms with Crippen molar-refractivity contribution in [1.29, 1.82) is 0 Å². The third kappa shape index (κ3) is 9.27. The zero-order valence-electron chi connectivity index (χ0n) is 19.4. The van der Waals surface area contributed by atoms with Gasteiger partial charge in [0.05, 0.1) is 11.0 Å². The van der Waals surface area contributed by atoms with Crippen molar-refractivity contribution in [2.24, 2.45) is 11.5 Å². The van der Waals surface area contributed by atoms with Gasteiger partial charge in [0, 0.05) is 24.7 Å². The minimum atomic E-state index is -3.58. The molecule has 0 saturated heterocycles. The van der Waals surface area contributed by atoms with Crippen molar-refractivity contribution in [3.8, 4) is 0 Å². The van der Waals surface area contributed by atoms with Crippen LogP contribution in [0.4, 0.5) is 8.78 Å². The number of ether oxygens (including phenoxy) is 1. The van der Waals surface area contributed by atoms with Gasteiger partial charge in [-0.15, -0.1) is 0 Å². The molecule has 0 unspecified atom stereocenters. The molecule has 33 heavy (non-hydrogen) atoms. The molecule has 0 amide bonds. The van der Waals surface area contributed by atoms with Crippen molar-refractivity contribution >= 4 is 15.8 Å². The molecular formula is C23H37F2N3O4S. The van der Waals surface area contributed by atoms with E-state index >= 15 is 0 Å². The molecule has 0 spiro atoms. The van der Waals surface area contributed by atoms with Crippen LogP contribution in [0.25, 0.3) is 0 Å². The van der Waals surface area contributed by atoms with Crippen LogP contribution in [0.3, 0.4) is 0 Å². The minimum absolute atomic E-state index is 0.0710. The Morgan fingerprint density at radius 1 is 1.12 bits per heavy atom. The molecule has 0 heterocycles. The monoisotopic (exact) mass is 489 g/mol. The van der Waals surface area contributed by atoms with Crippen molar-refractivity contribution in [3.05, 3.63) is 35.4 Å². The summed E-state index contributed by atoms with van der Waals surface area (Å²) < 4.78 is 58.2. The van der Waals surface area contributed by atoms with E-state index in [4.69, 9.17) is 16.2 Å². The molecular weight excluding hydrogens is 452 g/mol. The first-order chi connectivity index (χ1) is 15.6. The summed E-state index contributed by atoms with van der Waals surface area (Å²) in [5.41, 5.74) is 12.5. The lowest BCUT2D eigenvalue weighted by molar-refractivity contribution is -0.151. The molecule has 0 aromatic heterocycles. The standard InChI is InChI=1S/C23H37F2N3O4S/c1-3-5-19(6-4-2)33(30,31)14-21(27)23(29)32-22(13-28-18-7-8-18)20(26)11-15-9-16(24)12-17(25)10-15/h9-10,12,18-22,28H,3-8,11,13-14,26-27H2,1-2H3/t20-,21+,22+/m0/s1. The lowest BCUT2D eigenvalue weighted by Gasteiger charge is -2.26. The van der Waals surface area contributed by atoms with E-state index in [2.05, 4.69) is 5.32 Å². The van der Waals surface area contributed by atoms with Crippen LogP contribution in [-0.4, -0.2) is 56.2 Å². The quantitative estimate of drug-likeness (QED) is 0.323. The second-order valence-corrected chi connectivity index (χ2v) is 11.3. The van der Waals surface area contributed by atoms with Crippen LogP contribution in [0.2, 0.25) is 0 Å². The second-order valence-electron chi connectivity index (χ2n) is 8.94. The SMILES string of the molecule is CCCC(CCC)S(=O)(=O)C[C@@H](N)C(=O)O[C@H](CNC1CC1)[C@@H](N)Cc1cc(F)cc(F)c1. The summed E-state index contributed by atoms with van der Waals surface area (Å²) in [6.07, 6.45) is 3.70. The third-order valence-electron chi connectivity index (χ3n) is 5.77. The number of esters is 1. The number of hydrogen-bond donors (Lipinski definition) is 3. The normalized spacial score (nSPS) is 17.1. The number of nitrogens with two attached hydrogens (primary N) is 2. The number of hydrogen-bond acceptors (Lipinski definition) is 7. The van der Waals surface area contributed by atoms with Crippen LogP contribution in [0.5, 0.6) is 0 Å². The summed E-state index contributed by atoms with van der Waals surface area (Å²) in [7, 11) is -3.58. The van der Waals surface area contributed by atoms with Gasteiger partial charge in [0.1, 0.15) is 23.8 Å². The van der Waals surface area contributed by atoms with E-state index in [-0.39, 0.29) is 13.0 Å². The van der Waals surface area contributed by atoms with Crippen molar-refractivity contribution in [2.75, 3.05) is 12.3 Å². The lowest BCUT2D eigenvalue weighted by Crippen LogP contribution is -2.50. The molecule has 1 aromatic carbocycles. The van der Waals surface area contributed by atoms with Gasteiger partial charge in [-0.2, -0.15) is 0 Å². The molecule has 1 aliphatic rings. The van der Waals surface area contributed by atoms with Gasteiger partial charge in [0.15, 0.2) is 9.84 Å². The highest BCUT2D eigenvalue weighted by Crippen LogP contribution is 2.20. The van der Waals surface area contributed by atoms with Crippen molar-refractivity contribution < 1.29 is 26.7 Å². The topological polar surface area (TPSA) is 125 Å². The number of halogens is 2. The zero-order valence-corrected chi connectivity index (χ0v) is 20.3. The largest absolute Gasteiger partial charge is 0.458 e. The maximum absolute atomic E-state index is 13.5. The predicted octanol–water partition coefficient (Wildman–Crippen LogP) is 2.21. The average molecular weight is 490 g/mol. The molecule has 2 rings (SSSR count). The summed E-state index contributed by atoms with van der Waals surface area (Å²) in [4.78, 5) is 12.7. The van der Waals surface area contributed by atoms with E-state index in [1.165, 1.54) is 12.1 Å². The smallest absolute Gasteiger partial charge is 0.324 e. The fourth-order valence-corrected chi connectivity index (χ4v) is 5.92. The summed E-state index contributed by atoms with van der Waals surface area (Å²) in [6.45, 7) is 4.06. The predicted molar refractivity (Wildman–Crippen MR) is 124 cm³/mol. The van der Waals surface area contributed by atoms with Crippen LogP contribution < -0.4 is 16.8 Å². The molecule has 188 valence electrons. The second kappa shape index (κ2) is 12.7. The van der Waals surface area contributed by atoms with E-state index in [1.807, 2.05) is 13.8 Å². The van der Waals surface area contributed by atoms with Gasteiger partial charge in [-0.1, -0.05) is 26.7 Å². The Labute approximate surface area is 195 Å². The van der Waals surface area contributed by atoms with Gasteiger partial charge in [0.2, 0.25) is 0 Å². The molecule has 1 aliphatic carbocycles. The molecule has 7 nitrogen and oxygen atoms in total. The zero-order chi connectivity index (χ0) is 24.6. The van der Waals surface area contributed by atoms with Crippen LogP contribution in [0, 0.1) is 11.6 Å². The Hall–Kier alpha value is -1.62. The molecule has 1 fully saturated rings. The summed E-state index contributed by atoms with van der Waals surface area (Å²) in [5, 5.41) is 2.69. The van der Waals surface area contributed by atoms with Crippen LogP contribution in [0.15, 0.2) is 18.2 Å². The third-order valence-corrected chi connectivity index (χ3v) is 8.08. The van der Waals surface area contributed by atoms with Crippen molar-refractivity contribution in [3.63, 3.8) is 0 Å². The first-order valence-corrected chi connectivity index (χ1v) is 13.4. The van der Waals surface area contributed by atoms with Gasteiger partial charge in [-0.25, -0.2) is 17.2 Å². The number of sulfone groups is 1. The highest BCUT2D eigenvalue weighted by Gasteiger charge is 2.33. The van der Waals surface area contributed by atoms with Crippen LogP contribution in [-0.2, 0) is 25.8 Å². The molecule has 10 heteroatoms. The van der Waals surface area contributed by atoms with Gasteiger partial charge in [-0.3, -0.25) is 4.79 Å². The van der Waals surface area contributed by atoms with E-state index < -0.39 is 56.6 Å². The Morgan fingerprint density at radius 3 is 2.21 bits per heavy atom. The highest BCUT2D eigenvalue weighted by atomic mass is 32.2. The molecule has 0 bridgehead atoms. The van der Waals surface area contributed by atoms with Crippen LogP contribution in [0.1, 0.15) is 57.9 Å². The fourth-order valence-electron chi connectivity index (χ4n) is 3.82. The molecule has 3 atom stereocenters. The number of nitrogens with one attached hydrogen (secondary N) is 1. The van der Waals surface area contributed by atoms with E-state index in [0.29, 0.717) is 37.3 Å². The Bertz CT molecular complexity index is 854. The van der Waals surface area contributed by atoms with Gasteiger partial charge in [-0.05, 0) is 49.8 Å². The Morgan fingerprint density at radius 2 is 1.70 bits per heavy atom. The highest BCUT2D eigenvalue weighted by molar-refractivity contribution is 7.92. The minimum Gasteiger partial charge on any atom is -0.458 e. The number of benzene rings is 1. The Balaban J connectivity index is 2.05. The van der Waals surface area contributed by atoms with Gasteiger partial charge in [0.25, 0.3) is 0 Å². The van der Waals surface area contributed by atoms with Crippen molar-refractivity contribution in [2.45, 2.75) is 88.3 Å². The van der Waals surface area contributed by atoms with Gasteiger partial charge < -0.3 is 21.5 Å². The van der Waals surface area contributed by atoms with E-state index in [1.54, 1.807) is 0 Å². The molecule has 1 aromatic rings. The number of carbonyl (C=O) groups is 1. The summed E-state index contributed by atoms with van der Waals surface area (Å²) >= 11 is 0. The average Bonchev–Trinajstić information content (AvgIpc) is 3.54. The summed E-state index contributed by atoms with van der Waals surface area (Å²) in [5.74, 6) is -2.79. The maximum atomic E-state index is 13.5. The lowest BCUT2D eigenvalue weighted by atomic mass is 10.0. The first kappa shape index (κ1) is 27.6. The Kier molecular flexibility index (Phi) is 10.7. The van der Waals surface area contributed by atoms with Gasteiger partial charge >= 0.3 is 5.97 Å². The number of carbonyl (C=O) groups excluding carboxylic acids is 1. The summed E-state index contributed by atoms with van der Waals surface area (Å²) in [6, 6.07) is 1.33. The molecule has 0 radical (unpaired) electrons. The van der Waals surface area contributed by atoms with Crippen LogP contribution >= 0.6 is 0 Å². The number of rotatable bonds is 15. The maximum Gasteiger partial charge on any atom is 0.324 e. The van der Waals surface area contributed by atoms with E-state index in [0.717, 1.165) is 18.9 Å². The van der Waals surface area contributed by atoms with E-state index in [9.17, 15) is 22.0 Å². The molecule has 0 aliphatic heterocycles.